The van der Waals surface area contributed by atoms with Crippen molar-refractivity contribution in [3.63, 3.8) is 0 Å². The van der Waals surface area contributed by atoms with Crippen LogP contribution in [-0.4, -0.2) is 39.9 Å². The molecule has 1 amide bonds. The standard InChI is InChI=1S/C20H18N2O3/c1-22-19(13-11-15-7-3-5-9-18(15)24)21-16(20(22)25)12-10-14-6-2-4-8-17(14)23/h2-13,16,23-24H,1H3/b12-10+,13-11+. The van der Waals surface area contributed by atoms with Crippen molar-refractivity contribution in [2.75, 3.05) is 7.05 Å². The minimum Gasteiger partial charge on any atom is -0.507 e. The summed E-state index contributed by atoms with van der Waals surface area (Å²) in [5.74, 6) is 0.687. The molecule has 1 unspecified atom stereocenters. The number of hydrogen-bond acceptors (Lipinski definition) is 4. The van der Waals surface area contributed by atoms with Gasteiger partial charge in [-0.25, -0.2) is 0 Å². The molecule has 126 valence electrons. The van der Waals surface area contributed by atoms with E-state index in [4.69, 9.17) is 0 Å². The Morgan fingerprint density at radius 3 is 2.08 bits per heavy atom. The van der Waals surface area contributed by atoms with Crippen molar-refractivity contribution in [2.24, 2.45) is 4.99 Å². The third kappa shape index (κ3) is 3.61. The van der Waals surface area contributed by atoms with Crippen LogP contribution < -0.4 is 0 Å². The molecule has 5 heteroatoms. The van der Waals surface area contributed by atoms with Crippen molar-refractivity contribution in [1.82, 2.24) is 4.90 Å². The van der Waals surface area contributed by atoms with Crippen molar-refractivity contribution < 1.29 is 15.0 Å². The van der Waals surface area contributed by atoms with Gasteiger partial charge in [0.15, 0.2) is 0 Å². The maximum atomic E-state index is 12.3. The topological polar surface area (TPSA) is 73.1 Å². The van der Waals surface area contributed by atoms with Gasteiger partial charge < -0.3 is 10.2 Å². The van der Waals surface area contributed by atoms with Crippen LogP contribution >= 0.6 is 0 Å². The lowest BCUT2D eigenvalue weighted by molar-refractivity contribution is -0.125. The van der Waals surface area contributed by atoms with Gasteiger partial charge in [0.25, 0.3) is 5.91 Å². The Bertz CT molecular complexity index is 884. The highest BCUT2D eigenvalue weighted by Gasteiger charge is 2.28. The number of nitrogens with zero attached hydrogens (tertiary/aromatic N) is 2. The second-order valence-electron chi connectivity index (χ2n) is 5.64. The predicted molar refractivity (Wildman–Crippen MR) is 98.3 cm³/mol. The van der Waals surface area contributed by atoms with E-state index in [1.165, 1.54) is 4.90 Å². The average molecular weight is 334 g/mol. The normalized spacial score (nSPS) is 17.6. The van der Waals surface area contributed by atoms with Crippen LogP contribution in [0.5, 0.6) is 11.5 Å². The number of carbonyl (C=O) groups excluding carboxylic acids is 1. The van der Waals surface area contributed by atoms with E-state index in [1.807, 2.05) is 12.1 Å². The highest BCUT2D eigenvalue weighted by molar-refractivity contribution is 6.12. The highest BCUT2D eigenvalue weighted by Crippen LogP contribution is 2.21. The molecule has 2 aromatic carbocycles. The second-order valence-corrected chi connectivity index (χ2v) is 5.64. The van der Waals surface area contributed by atoms with Crippen LogP contribution in [0, 0.1) is 0 Å². The molecule has 2 aromatic rings. The van der Waals surface area contributed by atoms with Gasteiger partial charge in [-0.3, -0.25) is 14.7 Å². The van der Waals surface area contributed by atoms with Crippen molar-refractivity contribution in [2.45, 2.75) is 6.04 Å². The van der Waals surface area contributed by atoms with Crippen LogP contribution in [0.15, 0.2) is 65.7 Å². The summed E-state index contributed by atoms with van der Waals surface area (Å²) in [6.45, 7) is 0. The summed E-state index contributed by atoms with van der Waals surface area (Å²) in [5.41, 5.74) is 1.28. The largest absolute Gasteiger partial charge is 0.507 e. The Hall–Kier alpha value is -3.34. The summed E-state index contributed by atoms with van der Waals surface area (Å²) in [6, 6.07) is 13.2. The molecular weight excluding hydrogens is 316 g/mol. The Labute approximate surface area is 145 Å². The number of carbonyl (C=O) groups is 1. The number of phenolic OH excluding ortho intramolecular Hbond substituents is 2. The molecule has 25 heavy (non-hydrogen) atoms. The van der Waals surface area contributed by atoms with Gasteiger partial charge >= 0.3 is 0 Å². The Balaban J connectivity index is 1.80. The highest BCUT2D eigenvalue weighted by atomic mass is 16.3. The third-order valence-electron chi connectivity index (χ3n) is 3.94. The van der Waals surface area contributed by atoms with Gasteiger partial charge in [0.1, 0.15) is 23.4 Å². The van der Waals surface area contributed by atoms with Crippen molar-refractivity contribution in [3.8, 4) is 11.5 Å². The number of hydrogen-bond donors (Lipinski definition) is 2. The molecule has 0 bridgehead atoms. The van der Waals surface area contributed by atoms with Crippen LogP contribution in [0.3, 0.4) is 0 Å². The summed E-state index contributed by atoms with van der Waals surface area (Å²) < 4.78 is 0. The van der Waals surface area contributed by atoms with E-state index in [1.54, 1.807) is 67.7 Å². The van der Waals surface area contributed by atoms with Crippen molar-refractivity contribution >= 4 is 23.9 Å². The van der Waals surface area contributed by atoms with Gasteiger partial charge in [0.05, 0.1) is 0 Å². The predicted octanol–water partition coefficient (Wildman–Crippen LogP) is 3.06. The number of para-hydroxylation sites is 2. The third-order valence-corrected chi connectivity index (χ3v) is 3.94. The van der Waals surface area contributed by atoms with Crippen LogP contribution in [-0.2, 0) is 4.79 Å². The van der Waals surface area contributed by atoms with Gasteiger partial charge in [-0.2, -0.15) is 0 Å². The van der Waals surface area contributed by atoms with Crippen LogP contribution in [0.1, 0.15) is 11.1 Å². The van der Waals surface area contributed by atoms with E-state index in [0.29, 0.717) is 17.0 Å². The lowest BCUT2D eigenvalue weighted by Gasteiger charge is -2.09. The summed E-state index contributed by atoms with van der Waals surface area (Å²) in [7, 11) is 1.66. The van der Waals surface area contributed by atoms with E-state index in [0.717, 1.165) is 0 Å². The van der Waals surface area contributed by atoms with Gasteiger partial charge in [0, 0.05) is 18.2 Å². The zero-order chi connectivity index (χ0) is 17.8. The van der Waals surface area contributed by atoms with E-state index in [9.17, 15) is 15.0 Å². The Morgan fingerprint density at radius 1 is 0.920 bits per heavy atom. The van der Waals surface area contributed by atoms with Crippen molar-refractivity contribution in [1.29, 1.82) is 0 Å². The van der Waals surface area contributed by atoms with Gasteiger partial charge in [0.2, 0.25) is 0 Å². The van der Waals surface area contributed by atoms with E-state index in [-0.39, 0.29) is 17.4 Å². The molecule has 5 nitrogen and oxygen atoms in total. The van der Waals surface area contributed by atoms with E-state index in [2.05, 4.69) is 4.99 Å². The SMILES string of the molecule is CN1C(=O)C(/C=C/c2ccccc2O)N=C1/C=C/c1ccccc1O. The van der Waals surface area contributed by atoms with E-state index < -0.39 is 6.04 Å². The molecule has 0 spiro atoms. The lowest BCUT2D eigenvalue weighted by Crippen LogP contribution is -2.29. The first-order chi connectivity index (χ1) is 12.1. The Kier molecular flexibility index (Phi) is 4.66. The van der Waals surface area contributed by atoms with E-state index >= 15 is 0 Å². The molecular formula is C20H18N2O3. The molecule has 0 aliphatic carbocycles. The maximum absolute atomic E-state index is 12.3. The lowest BCUT2D eigenvalue weighted by atomic mass is 10.1. The molecule has 0 radical (unpaired) electrons. The number of phenols is 2. The van der Waals surface area contributed by atoms with Crippen LogP contribution in [0.4, 0.5) is 0 Å². The number of amidine groups is 1. The fourth-order valence-electron chi connectivity index (χ4n) is 2.49. The minimum absolute atomic E-state index is 0.149. The van der Waals surface area contributed by atoms with Crippen LogP contribution in [0.25, 0.3) is 12.2 Å². The first-order valence-electron chi connectivity index (χ1n) is 7.84. The molecule has 0 saturated heterocycles. The number of amides is 1. The fourth-order valence-corrected chi connectivity index (χ4v) is 2.49. The smallest absolute Gasteiger partial charge is 0.256 e. The Morgan fingerprint density at radius 2 is 1.48 bits per heavy atom. The van der Waals surface area contributed by atoms with Crippen LogP contribution in [0.2, 0.25) is 0 Å². The van der Waals surface area contributed by atoms with Crippen molar-refractivity contribution in [3.05, 3.63) is 71.8 Å². The molecule has 2 N–H and O–H groups in total. The summed E-state index contributed by atoms with van der Waals surface area (Å²) >= 11 is 0. The van der Waals surface area contributed by atoms with Gasteiger partial charge in [-0.05, 0) is 30.4 Å². The fraction of sp³-hybridized carbons (Fsp3) is 0.100. The quantitative estimate of drug-likeness (QED) is 0.902. The number of aromatic hydroxyl groups is 2. The van der Waals surface area contributed by atoms with Gasteiger partial charge in [-0.1, -0.05) is 42.5 Å². The average Bonchev–Trinajstić information content (AvgIpc) is 2.88. The minimum atomic E-state index is -0.631. The number of benzene rings is 2. The summed E-state index contributed by atoms with van der Waals surface area (Å²) in [4.78, 5) is 18.2. The monoisotopic (exact) mass is 334 g/mol. The second kappa shape index (κ2) is 7.05. The number of rotatable bonds is 4. The molecule has 1 aliphatic heterocycles. The first kappa shape index (κ1) is 16.5. The molecule has 0 saturated carbocycles. The maximum Gasteiger partial charge on any atom is 0.256 e. The summed E-state index contributed by atoms with van der Waals surface area (Å²) in [6.07, 6.45) is 6.76. The molecule has 3 rings (SSSR count). The molecule has 0 aromatic heterocycles. The van der Waals surface area contributed by atoms with Gasteiger partial charge in [-0.15, -0.1) is 0 Å². The molecule has 1 atom stereocenters. The molecule has 1 aliphatic rings. The summed E-state index contributed by atoms with van der Waals surface area (Å²) in [5, 5.41) is 19.6. The first-order valence-corrected chi connectivity index (χ1v) is 7.84. The number of likely N-dealkylation sites (N-methyl/N-ethyl adjacent to an activating group) is 1. The number of aliphatic imine (C=N–C) groups is 1. The molecule has 1 heterocycles. The molecule has 0 fully saturated rings. The zero-order valence-corrected chi connectivity index (χ0v) is 13.7. The zero-order valence-electron chi connectivity index (χ0n) is 13.7.